The number of aliphatic imine (C=N–C) groups is 1. The third-order valence-electron chi connectivity index (χ3n) is 3.83. The van der Waals surface area contributed by atoms with Gasteiger partial charge in [-0.05, 0) is 39.5 Å². The Hall–Kier alpha value is -0.740. The van der Waals surface area contributed by atoms with Gasteiger partial charge >= 0.3 is 6.18 Å². The molecule has 0 aromatic rings. The van der Waals surface area contributed by atoms with Crippen molar-refractivity contribution in [3.8, 4) is 0 Å². The number of hydrogen-bond acceptors (Lipinski definition) is 2. The summed E-state index contributed by atoms with van der Waals surface area (Å²) in [6.07, 6.45) is -2.94. The molecule has 2 N–H and O–H groups in total. The van der Waals surface area contributed by atoms with E-state index in [-0.39, 0.29) is 61.4 Å². The van der Waals surface area contributed by atoms with Gasteiger partial charge in [-0.25, -0.2) is 4.99 Å². The van der Waals surface area contributed by atoms with Crippen LogP contribution in [0.3, 0.4) is 0 Å². The van der Waals surface area contributed by atoms with Gasteiger partial charge in [-0.2, -0.15) is 13.2 Å². The van der Waals surface area contributed by atoms with E-state index in [0.717, 1.165) is 0 Å². The van der Waals surface area contributed by atoms with E-state index in [2.05, 4.69) is 15.6 Å². The van der Waals surface area contributed by atoms with Crippen molar-refractivity contribution in [1.29, 1.82) is 0 Å². The summed E-state index contributed by atoms with van der Waals surface area (Å²) in [5.74, 6) is -0.851. The summed E-state index contributed by atoms with van der Waals surface area (Å²) >= 11 is 0. The van der Waals surface area contributed by atoms with E-state index in [0.29, 0.717) is 18.8 Å². The summed E-state index contributed by atoms with van der Waals surface area (Å²) in [6.45, 7) is 3.88. The first-order valence-electron chi connectivity index (χ1n) is 7.94. The van der Waals surface area contributed by atoms with Crippen molar-refractivity contribution >= 4 is 35.8 Å². The lowest BCUT2D eigenvalue weighted by Crippen LogP contribution is -2.48. The second-order valence-electron chi connectivity index (χ2n) is 6.49. The van der Waals surface area contributed by atoms with Crippen LogP contribution in [0.25, 0.3) is 0 Å². The SMILES string of the molecule is CC(C)NC(=NCC(=O)N(C)C)NC1CCC(C(F)(F)F)CC1.I. The lowest BCUT2D eigenvalue weighted by atomic mass is 9.85. The van der Waals surface area contributed by atoms with Gasteiger partial charge in [-0.1, -0.05) is 0 Å². The molecule has 0 bridgehead atoms. The van der Waals surface area contributed by atoms with Crippen LogP contribution in [0.5, 0.6) is 0 Å². The fourth-order valence-corrected chi connectivity index (χ4v) is 2.45. The second kappa shape index (κ2) is 10.3. The number of guanidine groups is 1. The van der Waals surface area contributed by atoms with Crippen LogP contribution in [-0.4, -0.2) is 55.7 Å². The number of carbonyl (C=O) groups is 1. The maximum Gasteiger partial charge on any atom is 0.391 e. The third kappa shape index (κ3) is 8.39. The number of likely N-dealkylation sites (N-methyl/N-ethyl adjacent to an activating group) is 1. The van der Waals surface area contributed by atoms with Crippen LogP contribution in [0, 0.1) is 5.92 Å². The molecule has 0 aliphatic heterocycles. The Bertz CT molecular complexity index is 419. The molecule has 0 atom stereocenters. The number of nitrogens with zero attached hydrogens (tertiary/aromatic N) is 2. The molecule has 0 aromatic carbocycles. The molecule has 1 rings (SSSR count). The molecule has 1 fully saturated rings. The van der Waals surface area contributed by atoms with Crippen molar-refractivity contribution in [2.75, 3.05) is 20.6 Å². The Morgan fingerprint density at radius 3 is 2.17 bits per heavy atom. The highest BCUT2D eigenvalue weighted by molar-refractivity contribution is 14.0. The molecule has 9 heteroatoms. The molecule has 0 heterocycles. The van der Waals surface area contributed by atoms with Gasteiger partial charge in [-0.3, -0.25) is 4.79 Å². The van der Waals surface area contributed by atoms with Gasteiger partial charge in [0.2, 0.25) is 5.91 Å². The van der Waals surface area contributed by atoms with Crippen LogP contribution in [-0.2, 0) is 4.79 Å². The van der Waals surface area contributed by atoms with Crippen molar-refractivity contribution in [3.63, 3.8) is 0 Å². The molecule has 5 nitrogen and oxygen atoms in total. The number of alkyl halides is 3. The van der Waals surface area contributed by atoms with E-state index in [1.807, 2.05) is 13.8 Å². The molecule has 1 aliphatic rings. The molecule has 1 amide bonds. The molecule has 0 radical (unpaired) electrons. The lowest BCUT2D eigenvalue weighted by molar-refractivity contribution is -0.182. The minimum Gasteiger partial charge on any atom is -0.354 e. The number of amides is 1. The lowest BCUT2D eigenvalue weighted by Gasteiger charge is -2.31. The minimum atomic E-state index is -4.10. The smallest absolute Gasteiger partial charge is 0.354 e. The van der Waals surface area contributed by atoms with Crippen LogP contribution in [0.15, 0.2) is 4.99 Å². The van der Waals surface area contributed by atoms with Crippen molar-refractivity contribution in [1.82, 2.24) is 15.5 Å². The number of nitrogens with one attached hydrogen (secondary N) is 2. The average Bonchev–Trinajstić information content (AvgIpc) is 2.43. The van der Waals surface area contributed by atoms with Gasteiger partial charge in [0, 0.05) is 26.2 Å². The van der Waals surface area contributed by atoms with Crippen LogP contribution in [0.4, 0.5) is 13.2 Å². The molecule has 0 unspecified atom stereocenters. The molecule has 142 valence electrons. The van der Waals surface area contributed by atoms with Crippen LogP contribution >= 0.6 is 24.0 Å². The molecule has 0 saturated heterocycles. The molecule has 0 aromatic heterocycles. The standard InChI is InChI=1S/C15H27F3N4O.HI/c1-10(2)20-14(19-9-13(23)22(3)4)21-12-7-5-11(6-8-12)15(16,17)18;/h10-12H,5-9H2,1-4H3,(H2,19,20,21);1H. The number of halogens is 4. The fraction of sp³-hybridized carbons (Fsp3) is 0.867. The first-order chi connectivity index (χ1) is 10.6. The second-order valence-corrected chi connectivity index (χ2v) is 6.49. The molecule has 0 spiro atoms. The van der Waals surface area contributed by atoms with Gasteiger partial charge in [0.25, 0.3) is 0 Å². The molecular formula is C15H28F3IN4O. The summed E-state index contributed by atoms with van der Waals surface area (Å²) in [6, 6.07) is 0.0651. The Kier molecular flexibility index (Phi) is 9.98. The van der Waals surface area contributed by atoms with Crippen LogP contribution in [0.1, 0.15) is 39.5 Å². The van der Waals surface area contributed by atoms with Crippen LogP contribution in [0.2, 0.25) is 0 Å². The predicted octanol–water partition coefficient (Wildman–Crippen LogP) is 2.76. The topological polar surface area (TPSA) is 56.7 Å². The van der Waals surface area contributed by atoms with Gasteiger partial charge < -0.3 is 15.5 Å². The quantitative estimate of drug-likeness (QED) is 0.382. The normalized spacial score (nSPS) is 21.9. The molecule has 1 aliphatic carbocycles. The number of hydrogen-bond donors (Lipinski definition) is 2. The van der Waals surface area contributed by atoms with E-state index >= 15 is 0 Å². The zero-order chi connectivity index (χ0) is 17.6. The zero-order valence-electron chi connectivity index (χ0n) is 14.6. The van der Waals surface area contributed by atoms with Crippen LogP contribution < -0.4 is 10.6 Å². The van der Waals surface area contributed by atoms with E-state index in [1.165, 1.54) is 4.90 Å². The number of carbonyl (C=O) groups excluding carboxylic acids is 1. The van der Waals surface area contributed by atoms with E-state index in [4.69, 9.17) is 0 Å². The predicted molar refractivity (Wildman–Crippen MR) is 99.6 cm³/mol. The maximum absolute atomic E-state index is 12.7. The largest absolute Gasteiger partial charge is 0.391 e. The Morgan fingerprint density at radius 2 is 1.75 bits per heavy atom. The van der Waals surface area contributed by atoms with E-state index < -0.39 is 12.1 Å². The Morgan fingerprint density at radius 1 is 1.21 bits per heavy atom. The third-order valence-corrected chi connectivity index (χ3v) is 3.83. The highest BCUT2D eigenvalue weighted by Crippen LogP contribution is 2.37. The molecule has 24 heavy (non-hydrogen) atoms. The summed E-state index contributed by atoms with van der Waals surface area (Å²) < 4.78 is 38.1. The summed E-state index contributed by atoms with van der Waals surface area (Å²) in [7, 11) is 3.30. The van der Waals surface area contributed by atoms with Gasteiger partial charge in [-0.15, -0.1) is 24.0 Å². The van der Waals surface area contributed by atoms with Gasteiger partial charge in [0.1, 0.15) is 6.54 Å². The molecule has 1 saturated carbocycles. The Balaban J connectivity index is 0.00000529. The zero-order valence-corrected chi connectivity index (χ0v) is 16.9. The van der Waals surface area contributed by atoms with E-state index in [1.54, 1.807) is 14.1 Å². The van der Waals surface area contributed by atoms with Crippen molar-refractivity contribution in [2.24, 2.45) is 10.9 Å². The van der Waals surface area contributed by atoms with Crippen molar-refractivity contribution < 1.29 is 18.0 Å². The first kappa shape index (κ1) is 23.3. The minimum absolute atomic E-state index is 0. The first-order valence-corrected chi connectivity index (χ1v) is 7.94. The van der Waals surface area contributed by atoms with Crippen molar-refractivity contribution in [3.05, 3.63) is 0 Å². The van der Waals surface area contributed by atoms with Crippen molar-refractivity contribution in [2.45, 2.75) is 57.8 Å². The Labute approximate surface area is 158 Å². The molecular weight excluding hydrogens is 436 g/mol. The monoisotopic (exact) mass is 464 g/mol. The summed E-state index contributed by atoms with van der Waals surface area (Å²) in [5, 5.41) is 6.26. The van der Waals surface area contributed by atoms with E-state index in [9.17, 15) is 18.0 Å². The van der Waals surface area contributed by atoms with Gasteiger partial charge in [0.15, 0.2) is 5.96 Å². The highest BCUT2D eigenvalue weighted by Gasteiger charge is 2.41. The number of rotatable bonds is 4. The van der Waals surface area contributed by atoms with Gasteiger partial charge in [0.05, 0.1) is 5.92 Å². The highest BCUT2D eigenvalue weighted by atomic mass is 127. The maximum atomic E-state index is 12.7. The summed E-state index contributed by atoms with van der Waals surface area (Å²) in [4.78, 5) is 17.3. The fourth-order valence-electron chi connectivity index (χ4n) is 2.45. The summed E-state index contributed by atoms with van der Waals surface area (Å²) in [5.41, 5.74) is 0. The average molecular weight is 464 g/mol.